The van der Waals surface area contributed by atoms with Crippen LogP contribution in [-0.2, 0) is 4.74 Å². The lowest BCUT2D eigenvalue weighted by molar-refractivity contribution is -0.270. The number of aliphatic hydroxyl groups is 1. The third-order valence-corrected chi connectivity index (χ3v) is 5.58. The number of rotatable bonds is 0. The Bertz CT molecular complexity index is 1090. The molecule has 2 aromatic rings. The summed E-state index contributed by atoms with van der Waals surface area (Å²) in [7, 11) is 0. The third-order valence-electron chi connectivity index (χ3n) is 5.58. The summed E-state index contributed by atoms with van der Waals surface area (Å²) in [6, 6.07) is 3.39. The van der Waals surface area contributed by atoms with Crippen molar-refractivity contribution in [2.24, 2.45) is 0 Å². The van der Waals surface area contributed by atoms with E-state index in [0.29, 0.717) is 12.8 Å². The van der Waals surface area contributed by atoms with E-state index in [9.17, 15) is 30.0 Å². The highest BCUT2D eigenvalue weighted by molar-refractivity contribution is 6.30. The van der Waals surface area contributed by atoms with Crippen LogP contribution < -0.4 is 4.74 Å². The average molecular weight is 384 g/mol. The smallest absolute Gasteiger partial charge is 0.208 e. The Hall–Kier alpha value is -3.10. The minimum Gasteiger partial charge on any atom is -0.508 e. The van der Waals surface area contributed by atoms with Gasteiger partial charge in [0.25, 0.3) is 0 Å². The predicted octanol–water partition coefficient (Wildman–Crippen LogP) is 1.90. The van der Waals surface area contributed by atoms with E-state index in [1.165, 1.54) is 6.07 Å². The highest BCUT2D eigenvalue weighted by atomic mass is 16.7. The maximum Gasteiger partial charge on any atom is 0.208 e. The van der Waals surface area contributed by atoms with Crippen molar-refractivity contribution in [2.75, 3.05) is 0 Å². The van der Waals surface area contributed by atoms with Crippen molar-refractivity contribution in [1.29, 1.82) is 0 Å². The molecule has 3 aliphatic rings. The Morgan fingerprint density at radius 1 is 1.04 bits per heavy atom. The SMILES string of the molecule is C[C@]12CC[C@H](O)[C@@H](O1)c1c(cc3c(c1O)C(=O)c1c(O)cc(O)cc1C3=O)O2. The van der Waals surface area contributed by atoms with Crippen LogP contribution in [0.4, 0.5) is 0 Å². The summed E-state index contributed by atoms with van der Waals surface area (Å²) in [6.45, 7) is 1.70. The van der Waals surface area contributed by atoms with Crippen molar-refractivity contribution in [2.45, 2.75) is 37.8 Å². The number of ether oxygens (including phenoxy) is 2. The van der Waals surface area contributed by atoms with Gasteiger partial charge in [-0.2, -0.15) is 0 Å². The lowest BCUT2D eigenvalue weighted by Gasteiger charge is -2.46. The number of benzene rings is 2. The molecule has 0 radical (unpaired) electrons. The lowest BCUT2D eigenvalue weighted by Crippen LogP contribution is -2.48. The number of aromatic hydroxyl groups is 3. The maximum absolute atomic E-state index is 13.0. The first kappa shape index (κ1) is 17.0. The molecule has 4 N–H and O–H groups in total. The fourth-order valence-electron chi connectivity index (χ4n) is 4.25. The molecule has 1 saturated heterocycles. The van der Waals surface area contributed by atoms with Gasteiger partial charge in [0, 0.05) is 30.5 Å². The van der Waals surface area contributed by atoms with E-state index in [1.54, 1.807) is 6.92 Å². The Labute approximate surface area is 158 Å². The van der Waals surface area contributed by atoms with Crippen LogP contribution in [-0.4, -0.2) is 43.9 Å². The molecule has 144 valence electrons. The quantitative estimate of drug-likeness (QED) is 0.462. The van der Waals surface area contributed by atoms with Crippen LogP contribution in [0.5, 0.6) is 23.0 Å². The zero-order valence-electron chi connectivity index (χ0n) is 14.7. The van der Waals surface area contributed by atoms with Crippen molar-refractivity contribution < 1.29 is 39.5 Å². The summed E-state index contributed by atoms with van der Waals surface area (Å²) in [4.78, 5) is 26.0. The summed E-state index contributed by atoms with van der Waals surface area (Å²) in [5, 5.41) is 41.0. The van der Waals surface area contributed by atoms with Gasteiger partial charge in [0.05, 0.1) is 22.8 Å². The summed E-state index contributed by atoms with van der Waals surface area (Å²) < 4.78 is 11.6. The van der Waals surface area contributed by atoms with E-state index in [2.05, 4.69) is 0 Å². The third kappa shape index (κ3) is 2.07. The molecule has 0 saturated carbocycles. The summed E-state index contributed by atoms with van der Waals surface area (Å²) in [6.07, 6.45) is -1.02. The van der Waals surface area contributed by atoms with Crippen molar-refractivity contribution in [3.8, 4) is 23.0 Å². The lowest BCUT2D eigenvalue weighted by atomic mass is 9.80. The molecule has 0 spiro atoms. The van der Waals surface area contributed by atoms with Gasteiger partial charge in [0.15, 0.2) is 5.78 Å². The highest BCUT2D eigenvalue weighted by Gasteiger charge is 2.49. The zero-order chi connectivity index (χ0) is 20.0. The number of hydrogen-bond acceptors (Lipinski definition) is 8. The Morgan fingerprint density at radius 2 is 1.75 bits per heavy atom. The molecule has 1 fully saturated rings. The van der Waals surface area contributed by atoms with E-state index < -0.39 is 41.1 Å². The molecule has 2 aliphatic heterocycles. The molecule has 5 rings (SSSR count). The number of phenols is 3. The molecule has 2 aromatic carbocycles. The normalized spacial score (nSPS) is 27.5. The molecule has 0 unspecified atom stereocenters. The molecule has 0 aromatic heterocycles. The zero-order valence-corrected chi connectivity index (χ0v) is 14.7. The second-order valence-electron chi connectivity index (χ2n) is 7.49. The fraction of sp³-hybridized carbons (Fsp3) is 0.300. The number of ketones is 2. The standard InChI is InChI=1S/C20H16O8/c1-20-3-2-10(22)19(28-20)15-12(27-20)6-9-14(18(15)26)17(25)13-8(16(9)24)4-7(21)5-11(13)23/h4-6,10,19,21-23,26H,2-3H2,1H3/t10-,19+,20+/m0/s1. The molecule has 3 atom stereocenters. The van der Waals surface area contributed by atoms with Gasteiger partial charge >= 0.3 is 0 Å². The minimum absolute atomic E-state index is 0.100. The van der Waals surface area contributed by atoms with Gasteiger partial charge in [-0.3, -0.25) is 9.59 Å². The molecule has 28 heavy (non-hydrogen) atoms. The Kier molecular flexibility index (Phi) is 3.19. The molecule has 8 nitrogen and oxygen atoms in total. The first-order valence-electron chi connectivity index (χ1n) is 8.80. The molecule has 1 aliphatic carbocycles. The van der Waals surface area contributed by atoms with Crippen LogP contribution in [0, 0.1) is 0 Å². The summed E-state index contributed by atoms with van der Waals surface area (Å²) in [5.74, 6) is -3.71. The van der Waals surface area contributed by atoms with Crippen LogP contribution in [0.25, 0.3) is 0 Å². The second kappa shape index (κ2) is 5.24. The van der Waals surface area contributed by atoms with E-state index in [0.717, 1.165) is 12.1 Å². The first-order valence-corrected chi connectivity index (χ1v) is 8.80. The van der Waals surface area contributed by atoms with Crippen LogP contribution >= 0.6 is 0 Å². The van der Waals surface area contributed by atoms with Crippen molar-refractivity contribution >= 4 is 11.6 Å². The van der Waals surface area contributed by atoms with E-state index in [4.69, 9.17) is 9.47 Å². The van der Waals surface area contributed by atoms with Crippen LogP contribution in [0.1, 0.15) is 63.3 Å². The van der Waals surface area contributed by atoms with Crippen LogP contribution in [0.15, 0.2) is 18.2 Å². The van der Waals surface area contributed by atoms with Crippen molar-refractivity contribution in [3.63, 3.8) is 0 Å². The molecular weight excluding hydrogens is 368 g/mol. The minimum atomic E-state index is -1.02. The summed E-state index contributed by atoms with van der Waals surface area (Å²) >= 11 is 0. The predicted molar refractivity (Wildman–Crippen MR) is 92.8 cm³/mol. The maximum atomic E-state index is 13.0. The first-order chi connectivity index (χ1) is 13.2. The van der Waals surface area contributed by atoms with Crippen LogP contribution in [0.2, 0.25) is 0 Å². The van der Waals surface area contributed by atoms with Gasteiger partial charge in [-0.25, -0.2) is 0 Å². The van der Waals surface area contributed by atoms with E-state index >= 15 is 0 Å². The molecule has 8 heteroatoms. The number of phenolic OH excluding ortho intramolecular Hbond substituents is 3. The van der Waals surface area contributed by atoms with Gasteiger partial charge in [-0.1, -0.05) is 0 Å². The van der Waals surface area contributed by atoms with Crippen LogP contribution in [0.3, 0.4) is 0 Å². The number of carbonyl (C=O) groups is 2. The largest absolute Gasteiger partial charge is 0.508 e. The number of carbonyl (C=O) groups excluding carboxylic acids is 2. The summed E-state index contributed by atoms with van der Waals surface area (Å²) in [5.41, 5.74) is -0.737. The van der Waals surface area contributed by atoms with Gasteiger partial charge in [-0.15, -0.1) is 0 Å². The number of hydrogen-bond donors (Lipinski definition) is 4. The number of aliphatic hydroxyl groups excluding tert-OH is 1. The van der Waals surface area contributed by atoms with Crippen molar-refractivity contribution in [1.82, 2.24) is 0 Å². The fourth-order valence-corrected chi connectivity index (χ4v) is 4.25. The Balaban J connectivity index is 1.78. The van der Waals surface area contributed by atoms with Gasteiger partial charge in [0.1, 0.15) is 29.1 Å². The molecule has 0 amide bonds. The van der Waals surface area contributed by atoms with E-state index in [-0.39, 0.29) is 39.3 Å². The molecular formula is C20H16O8. The topological polar surface area (TPSA) is 134 Å². The Morgan fingerprint density at radius 3 is 2.50 bits per heavy atom. The molecule has 2 bridgehead atoms. The van der Waals surface area contributed by atoms with Gasteiger partial charge in [0.2, 0.25) is 11.6 Å². The highest BCUT2D eigenvalue weighted by Crippen LogP contribution is 2.53. The van der Waals surface area contributed by atoms with Gasteiger partial charge in [-0.05, 0) is 18.6 Å². The number of fused-ring (bicyclic) bond motifs is 6. The molecule has 2 heterocycles. The van der Waals surface area contributed by atoms with Gasteiger partial charge < -0.3 is 29.9 Å². The second-order valence-corrected chi connectivity index (χ2v) is 7.49. The monoisotopic (exact) mass is 384 g/mol. The van der Waals surface area contributed by atoms with E-state index in [1.807, 2.05) is 0 Å². The average Bonchev–Trinajstić information content (AvgIpc) is 2.61. The van der Waals surface area contributed by atoms with Crippen molar-refractivity contribution in [3.05, 3.63) is 46.0 Å².